The molecule has 4 nitrogen and oxygen atoms in total. The fraction of sp³-hybridized carbons (Fsp3) is 0.875. The van der Waals surface area contributed by atoms with E-state index in [2.05, 4.69) is 4.74 Å². The Morgan fingerprint density at radius 3 is 2.33 bits per heavy atom. The number of hydrogen-bond acceptors (Lipinski definition) is 4. The van der Waals surface area contributed by atoms with Crippen LogP contribution in [-0.4, -0.2) is 39.0 Å². The molecule has 70 valence electrons. The Bertz CT molecular complexity index is 174. The maximum Gasteiger partial charge on any atom is 0.340 e. The summed E-state index contributed by atoms with van der Waals surface area (Å²) in [4.78, 5) is 11.3. The molecule has 0 aromatic carbocycles. The second-order valence-electron chi connectivity index (χ2n) is 2.85. The van der Waals surface area contributed by atoms with Gasteiger partial charge in [0.25, 0.3) is 0 Å². The van der Waals surface area contributed by atoms with E-state index in [1.807, 2.05) is 0 Å². The minimum absolute atomic E-state index is 0.157. The molecule has 0 N–H and O–H groups in total. The molecule has 2 unspecified atom stereocenters. The van der Waals surface area contributed by atoms with Gasteiger partial charge in [0.1, 0.15) is 0 Å². The van der Waals surface area contributed by atoms with Crippen LogP contribution in [0.3, 0.4) is 0 Å². The molecule has 0 aliphatic heterocycles. The molecule has 0 aromatic rings. The highest BCUT2D eigenvalue weighted by atomic mass is 16.6. The number of methoxy groups -OCH3 is 3. The van der Waals surface area contributed by atoms with Gasteiger partial charge in [-0.15, -0.1) is 0 Å². The van der Waals surface area contributed by atoms with Crippen LogP contribution in [0.15, 0.2) is 0 Å². The lowest BCUT2D eigenvalue weighted by atomic mass is 9.76. The second-order valence-corrected chi connectivity index (χ2v) is 2.85. The van der Waals surface area contributed by atoms with Gasteiger partial charge in [0.2, 0.25) is 0 Å². The number of rotatable bonds is 3. The number of ether oxygens (including phenoxy) is 3. The van der Waals surface area contributed by atoms with Crippen molar-refractivity contribution >= 4 is 5.97 Å². The van der Waals surface area contributed by atoms with E-state index < -0.39 is 5.60 Å². The molecule has 4 heteroatoms. The van der Waals surface area contributed by atoms with E-state index in [9.17, 15) is 4.79 Å². The van der Waals surface area contributed by atoms with Crippen LogP contribution in [0.1, 0.15) is 12.8 Å². The molecule has 1 fully saturated rings. The van der Waals surface area contributed by atoms with E-state index >= 15 is 0 Å². The lowest BCUT2D eigenvalue weighted by Gasteiger charge is -2.44. The van der Waals surface area contributed by atoms with Crippen LogP contribution in [0.25, 0.3) is 0 Å². The van der Waals surface area contributed by atoms with Crippen LogP contribution in [0.4, 0.5) is 0 Å². The van der Waals surface area contributed by atoms with Crippen molar-refractivity contribution in [2.45, 2.75) is 24.5 Å². The van der Waals surface area contributed by atoms with Gasteiger partial charge in [0.15, 0.2) is 5.60 Å². The molecule has 12 heavy (non-hydrogen) atoms. The summed E-state index contributed by atoms with van der Waals surface area (Å²) in [6.45, 7) is 0. The smallest absolute Gasteiger partial charge is 0.340 e. The van der Waals surface area contributed by atoms with Gasteiger partial charge in [0.05, 0.1) is 13.2 Å². The zero-order valence-electron chi connectivity index (χ0n) is 7.62. The molecule has 0 amide bonds. The lowest BCUT2D eigenvalue weighted by Crippen LogP contribution is -2.60. The zero-order valence-corrected chi connectivity index (χ0v) is 7.62. The maximum absolute atomic E-state index is 11.3. The summed E-state index contributed by atoms with van der Waals surface area (Å²) in [5, 5.41) is 0. The second kappa shape index (κ2) is 3.41. The first-order valence-corrected chi connectivity index (χ1v) is 3.87. The predicted octanol–water partition coefficient (Wildman–Crippen LogP) is 0.353. The predicted molar refractivity (Wildman–Crippen MR) is 41.8 cm³/mol. The van der Waals surface area contributed by atoms with Crippen LogP contribution in [0.2, 0.25) is 0 Å². The first-order valence-electron chi connectivity index (χ1n) is 3.87. The Morgan fingerprint density at radius 1 is 1.42 bits per heavy atom. The highest BCUT2D eigenvalue weighted by molar-refractivity contribution is 5.81. The molecule has 1 aliphatic rings. The van der Waals surface area contributed by atoms with Crippen molar-refractivity contribution in [1.82, 2.24) is 0 Å². The summed E-state index contributed by atoms with van der Waals surface area (Å²) in [5.41, 5.74) is -0.844. The molecule has 0 heterocycles. The van der Waals surface area contributed by atoms with Crippen molar-refractivity contribution < 1.29 is 19.0 Å². The Kier molecular flexibility index (Phi) is 2.69. The molecule has 1 saturated carbocycles. The maximum atomic E-state index is 11.3. The van der Waals surface area contributed by atoms with Crippen LogP contribution >= 0.6 is 0 Å². The van der Waals surface area contributed by atoms with Gasteiger partial charge in [0, 0.05) is 14.2 Å². The third-order valence-corrected chi connectivity index (χ3v) is 2.48. The minimum Gasteiger partial charge on any atom is -0.467 e. The largest absolute Gasteiger partial charge is 0.467 e. The van der Waals surface area contributed by atoms with Crippen molar-refractivity contribution in [2.75, 3.05) is 21.3 Å². The summed E-state index contributed by atoms with van der Waals surface area (Å²) in [5.74, 6) is -0.344. The average Bonchev–Trinajstić information content (AvgIpc) is 2.05. The Morgan fingerprint density at radius 2 is 2.08 bits per heavy atom. The third kappa shape index (κ3) is 1.11. The first-order chi connectivity index (χ1) is 5.71. The van der Waals surface area contributed by atoms with Gasteiger partial charge in [-0.1, -0.05) is 0 Å². The normalized spacial score (nSPS) is 34.1. The van der Waals surface area contributed by atoms with Gasteiger partial charge < -0.3 is 14.2 Å². The number of carbonyl (C=O) groups excluding carboxylic acids is 1. The van der Waals surface area contributed by atoms with Crippen LogP contribution in [0.5, 0.6) is 0 Å². The standard InChI is InChI=1S/C8H14O4/c1-10-6-4-5-8(6,12-3)7(9)11-2/h6H,4-5H2,1-3H3. The van der Waals surface area contributed by atoms with Gasteiger partial charge >= 0.3 is 5.97 Å². The van der Waals surface area contributed by atoms with E-state index in [1.165, 1.54) is 14.2 Å². The summed E-state index contributed by atoms with van der Waals surface area (Å²) in [7, 11) is 4.43. The van der Waals surface area contributed by atoms with Crippen molar-refractivity contribution in [1.29, 1.82) is 0 Å². The average molecular weight is 174 g/mol. The zero-order chi connectivity index (χ0) is 9.19. The van der Waals surface area contributed by atoms with E-state index in [4.69, 9.17) is 9.47 Å². The van der Waals surface area contributed by atoms with E-state index in [-0.39, 0.29) is 12.1 Å². The molecular formula is C8H14O4. The fourth-order valence-electron chi connectivity index (χ4n) is 1.56. The minimum atomic E-state index is -0.844. The molecule has 0 aromatic heterocycles. The molecule has 0 spiro atoms. The summed E-state index contributed by atoms with van der Waals surface area (Å²) < 4.78 is 14.9. The molecule has 0 radical (unpaired) electrons. The van der Waals surface area contributed by atoms with Gasteiger partial charge in [-0.2, -0.15) is 0 Å². The lowest BCUT2D eigenvalue weighted by molar-refractivity contribution is -0.209. The highest BCUT2D eigenvalue weighted by Gasteiger charge is 2.55. The fourth-order valence-corrected chi connectivity index (χ4v) is 1.56. The molecular weight excluding hydrogens is 160 g/mol. The number of hydrogen-bond donors (Lipinski definition) is 0. The number of esters is 1. The third-order valence-electron chi connectivity index (χ3n) is 2.48. The molecule has 1 aliphatic carbocycles. The Labute approximate surface area is 71.8 Å². The van der Waals surface area contributed by atoms with Crippen molar-refractivity contribution in [3.05, 3.63) is 0 Å². The summed E-state index contributed by atoms with van der Waals surface area (Å²) in [6.07, 6.45) is 1.36. The van der Waals surface area contributed by atoms with Crippen molar-refractivity contribution in [2.24, 2.45) is 0 Å². The van der Waals surface area contributed by atoms with E-state index in [1.54, 1.807) is 7.11 Å². The summed E-state index contributed by atoms with van der Waals surface area (Å²) >= 11 is 0. The van der Waals surface area contributed by atoms with Crippen molar-refractivity contribution in [3.63, 3.8) is 0 Å². The van der Waals surface area contributed by atoms with E-state index in [0.29, 0.717) is 6.42 Å². The highest BCUT2D eigenvalue weighted by Crippen LogP contribution is 2.38. The Hall–Kier alpha value is -0.610. The SMILES string of the molecule is COC(=O)C1(OC)CCC1OC. The van der Waals surface area contributed by atoms with Gasteiger partial charge in [-0.25, -0.2) is 4.79 Å². The quantitative estimate of drug-likeness (QED) is 0.579. The molecule has 0 bridgehead atoms. The first kappa shape index (κ1) is 9.48. The van der Waals surface area contributed by atoms with Crippen molar-refractivity contribution in [3.8, 4) is 0 Å². The van der Waals surface area contributed by atoms with Gasteiger partial charge in [-0.05, 0) is 12.8 Å². The topological polar surface area (TPSA) is 44.8 Å². The molecule has 1 rings (SSSR count). The monoisotopic (exact) mass is 174 g/mol. The number of carbonyl (C=O) groups is 1. The Balaban J connectivity index is 2.69. The summed E-state index contributed by atoms with van der Waals surface area (Å²) in [6, 6.07) is 0. The van der Waals surface area contributed by atoms with Crippen LogP contribution < -0.4 is 0 Å². The van der Waals surface area contributed by atoms with Crippen LogP contribution in [0, 0.1) is 0 Å². The van der Waals surface area contributed by atoms with Gasteiger partial charge in [-0.3, -0.25) is 0 Å². The molecule has 2 atom stereocenters. The van der Waals surface area contributed by atoms with E-state index in [0.717, 1.165) is 6.42 Å². The molecule has 0 saturated heterocycles. The van der Waals surface area contributed by atoms with Crippen LogP contribution in [-0.2, 0) is 19.0 Å².